The van der Waals surface area contributed by atoms with Gasteiger partial charge >= 0.3 is 0 Å². The Bertz CT molecular complexity index is 699. The Kier molecular flexibility index (Phi) is 4.38. The Morgan fingerprint density at radius 1 is 1.43 bits per heavy atom. The highest BCUT2D eigenvalue weighted by Gasteiger charge is 2.30. The van der Waals surface area contributed by atoms with E-state index >= 15 is 0 Å². The molecule has 1 aromatic heterocycles. The molecule has 2 N–H and O–H groups in total. The third-order valence-corrected chi connectivity index (χ3v) is 4.19. The predicted molar refractivity (Wildman–Crippen MR) is 81.8 cm³/mol. The molecule has 6 nitrogen and oxygen atoms in total. The van der Waals surface area contributed by atoms with Crippen LogP contribution in [-0.4, -0.2) is 29.1 Å². The first-order chi connectivity index (χ1) is 11.0. The second kappa shape index (κ2) is 6.45. The topological polar surface area (TPSA) is 80.0 Å². The van der Waals surface area contributed by atoms with Crippen molar-refractivity contribution in [2.24, 2.45) is 11.8 Å². The van der Waals surface area contributed by atoms with Crippen molar-refractivity contribution in [1.82, 2.24) is 20.8 Å². The van der Waals surface area contributed by atoms with Crippen LogP contribution >= 0.6 is 0 Å². The molecule has 2 unspecified atom stereocenters. The Morgan fingerprint density at radius 2 is 2.22 bits per heavy atom. The summed E-state index contributed by atoms with van der Waals surface area (Å²) in [7, 11) is 0. The number of halogens is 1. The highest BCUT2D eigenvalue weighted by molar-refractivity contribution is 5.79. The van der Waals surface area contributed by atoms with E-state index in [4.69, 9.17) is 4.52 Å². The molecule has 1 amide bonds. The monoisotopic (exact) mass is 318 g/mol. The maximum Gasteiger partial charge on any atom is 0.249 e. The number of aromatic nitrogens is 2. The summed E-state index contributed by atoms with van der Waals surface area (Å²) in [5.74, 6) is 0.512. The molecule has 2 aromatic rings. The van der Waals surface area contributed by atoms with Gasteiger partial charge in [-0.15, -0.1) is 0 Å². The van der Waals surface area contributed by atoms with Gasteiger partial charge in [-0.05, 0) is 38.1 Å². The number of carbonyl (C=O) groups is 1. The minimum absolute atomic E-state index is 0.0329. The first kappa shape index (κ1) is 15.6. The number of nitrogens with zero attached hydrogens (tertiary/aromatic N) is 2. The van der Waals surface area contributed by atoms with Gasteiger partial charge in [0.2, 0.25) is 17.6 Å². The Labute approximate surface area is 133 Å². The number of amides is 1. The Morgan fingerprint density at radius 3 is 2.87 bits per heavy atom. The standard InChI is InChI=1S/C16H19FN4O2/c1-9(12-7-18-8-12)15(22)19-10(2)16-20-14(21-23-16)11-4-3-5-13(17)6-11/h3-6,9-10,12,18H,7-8H2,1-2H3,(H,19,22). The summed E-state index contributed by atoms with van der Waals surface area (Å²) in [4.78, 5) is 16.4. The van der Waals surface area contributed by atoms with Gasteiger partial charge in [0.1, 0.15) is 11.9 Å². The third-order valence-electron chi connectivity index (χ3n) is 4.19. The minimum atomic E-state index is -0.396. The van der Waals surface area contributed by atoms with Crippen molar-refractivity contribution in [2.45, 2.75) is 19.9 Å². The molecular weight excluding hydrogens is 299 g/mol. The maximum atomic E-state index is 13.2. The number of nitrogens with one attached hydrogen (secondary N) is 2. The molecule has 1 fully saturated rings. The summed E-state index contributed by atoms with van der Waals surface area (Å²) in [6, 6.07) is 5.58. The molecule has 23 heavy (non-hydrogen) atoms. The molecule has 0 aliphatic carbocycles. The normalized spacial score (nSPS) is 17.3. The second-order valence-electron chi connectivity index (χ2n) is 5.90. The fraction of sp³-hybridized carbons (Fsp3) is 0.438. The summed E-state index contributed by atoms with van der Waals surface area (Å²) >= 11 is 0. The van der Waals surface area contributed by atoms with E-state index in [9.17, 15) is 9.18 Å². The number of hydrogen-bond acceptors (Lipinski definition) is 5. The van der Waals surface area contributed by atoms with E-state index in [2.05, 4.69) is 20.8 Å². The largest absolute Gasteiger partial charge is 0.344 e. The number of rotatable bonds is 5. The van der Waals surface area contributed by atoms with Crippen LogP contribution in [0, 0.1) is 17.7 Å². The van der Waals surface area contributed by atoms with Crippen molar-refractivity contribution in [3.8, 4) is 11.4 Å². The van der Waals surface area contributed by atoms with Gasteiger partial charge in [-0.3, -0.25) is 4.79 Å². The molecule has 2 heterocycles. The fourth-order valence-electron chi connectivity index (χ4n) is 2.44. The molecule has 1 aliphatic heterocycles. The van der Waals surface area contributed by atoms with Gasteiger partial charge in [-0.2, -0.15) is 4.98 Å². The van der Waals surface area contributed by atoms with Gasteiger partial charge in [0.05, 0.1) is 0 Å². The van der Waals surface area contributed by atoms with E-state index in [0.717, 1.165) is 13.1 Å². The van der Waals surface area contributed by atoms with Crippen molar-refractivity contribution in [1.29, 1.82) is 0 Å². The van der Waals surface area contributed by atoms with Crippen LogP contribution in [0.3, 0.4) is 0 Å². The molecule has 7 heteroatoms. The maximum absolute atomic E-state index is 13.2. The molecule has 1 aliphatic rings. The molecule has 3 rings (SSSR count). The summed E-state index contributed by atoms with van der Waals surface area (Å²) in [6.45, 7) is 5.44. The van der Waals surface area contributed by atoms with Crippen LogP contribution in [0.1, 0.15) is 25.8 Å². The van der Waals surface area contributed by atoms with E-state index in [-0.39, 0.29) is 17.6 Å². The number of carbonyl (C=O) groups excluding carboxylic acids is 1. The van der Waals surface area contributed by atoms with Gasteiger partial charge in [-0.1, -0.05) is 24.2 Å². The molecule has 0 bridgehead atoms. The quantitative estimate of drug-likeness (QED) is 0.880. The van der Waals surface area contributed by atoms with Crippen molar-refractivity contribution in [2.75, 3.05) is 13.1 Å². The van der Waals surface area contributed by atoms with Gasteiger partial charge < -0.3 is 15.2 Å². The van der Waals surface area contributed by atoms with Crippen LogP contribution in [0.5, 0.6) is 0 Å². The average molecular weight is 318 g/mol. The van der Waals surface area contributed by atoms with Gasteiger partial charge in [0.25, 0.3) is 0 Å². The van der Waals surface area contributed by atoms with Crippen LogP contribution in [0.2, 0.25) is 0 Å². The summed E-state index contributed by atoms with van der Waals surface area (Å²) in [5.41, 5.74) is 0.535. The molecule has 1 aromatic carbocycles. The summed E-state index contributed by atoms with van der Waals surface area (Å²) in [6.07, 6.45) is 0. The lowest BCUT2D eigenvalue weighted by atomic mass is 9.88. The van der Waals surface area contributed by atoms with Crippen LogP contribution in [-0.2, 0) is 4.79 Å². The van der Waals surface area contributed by atoms with E-state index in [1.807, 2.05) is 6.92 Å². The van der Waals surface area contributed by atoms with Crippen LogP contribution in [0.15, 0.2) is 28.8 Å². The van der Waals surface area contributed by atoms with Crippen LogP contribution < -0.4 is 10.6 Å². The molecule has 0 radical (unpaired) electrons. The lowest BCUT2D eigenvalue weighted by Crippen LogP contribution is -2.49. The lowest BCUT2D eigenvalue weighted by molar-refractivity contribution is -0.127. The lowest BCUT2D eigenvalue weighted by Gasteiger charge is -2.32. The van der Waals surface area contributed by atoms with Crippen LogP contribution in [0.4, 0.5) is 4.39 Å². The summed E-state index contributed by atoms with van der Waals surface area (Å²) in [5, 5.41) is 9.89. The molecule has 0 saturated carbocycles. The average Bonchev–Trinajstić information content (AvgIpc) is 2.95. The second-order valence-corrected chi connectivity index (χ2v) is 5.90. The highest BCUT2D eigenvalue weighted by Crippen LogP contribution is 2.21. The highest BCUT2D eigenvalue weighted by atomic mass is 19.1. The van der Waals surface area contributed by atoms with E-state index in [0.29, 0.717) is 23.2 Å². The zero-order chi connectivity index (χ0) is 16.4. The predicted octanol–water partition coefficient (Wildman–Crippen LogP) is 1.91. The first-order valence-electron chi connectivity index (χ1n) is 7.65. The SMILES string of the molecule is CC(NC(=O)C(C)C1CNC1)c1nc(-c2cccc(F)c2)no1. The van der Waals surface area contributed by atoms with Crippen molar-refractivity contribution in [3.63, 3.8) is 0 Å². The Hall–Kier alpha value is -2.28. The zero-order valence-corrected chi connectivity index (χ0v) is 13.0. The number of hydrogen-bond donors (Lipinski definition) is 2. The van der Waals surface area contributed by atoms with Crippen LogP contribution in [0.25, 0.3) is 11.4 Å². The molecule has 122 valence electrons. The summed E-state index contributed by atoms with van der Waals surface area (Å²) < 4.78 is 18.4. The third kappa shape index (κ3) is 3.39. The number of benzene rings is 1. The Balaban J connectivity index is 1.66. The molecule has 1 saturated heterocycles. The minimum Gasteiger partial charge on any atom is -0.344 e. The van der Waals surface area contributed by atoms with Gasteiger partial charge in [-0.25, -0.2) is 4.39 Å². The van der Waals surface area contributed by atoms with Crippen molar-refractivity contribution >= 4 is 5.91 Å². The smallest absolute Gasteiger partial charge is 0.249 e. The van der Waals surface area contributed by atoms with Crippen molar-refractivity contribution < 1.29 is 13.7 Å². The van der Waals surface area contributed by atoms with Gasteiger partial charge in [0, 0.05) is 11.5 Å². The van der Waals surface area contributed by atoms with Crippen molar-refractivity contribution in [3.05, 3.63) is 36.0 Å². The first-order valence-corrected chi connectivity index (χ1v) is 7.65. The molecule has 0 spiro atoms. The zero-order valence-electron chi connectivity index (χ0n) is 13.0. The van der Waals surface area contributed by atoms with E-state index in [1.165, 1.54) is 12.1 Å². The van der Waals surface area contributed by atoms with E-state index < -0.39 is 6.04 Å². The molecular formula is C16H19FN4O2. The van der Waals surface area contributed by atoms with Gasteiger partial charge in [0.15, 0.2) is 0 Å². The molecule has 2 atom stereocenters. The fourth-order valence-corrected chi connectivity index (χ4v) is 2.44. The van der Waals surface area contributed by atoms with E-state index in [1.54, 1.807) is 19.1 Å².